The molecule has 4 aliphatic rings. The van der Waals surface area contributed by atoms with Crippen LogP contribution in [0.25, 0.3) is 0 Å². The van der Waals surface area contributed by atoms with Crippen LogP contribution in [0.3, 0.4) is 0 Å². The Morgan fingerprint density at radius 2 is 1.63 bits per heavy atom. The molecule has 3 N–H and O–H groups in total. The van der Waals surface area contributed by atoms with Crippen LogP contribution in [0.15, 0.2) is 0 Å². The van der Waals surface area contributed by atoms with Crippen molar-refractivity contribution in [1.29, 1.82) is 0 Å². The number of aliphatic hydroxyl groups is 3. The molecule has 0 aliphatic heterocycles. The molecular formula is C27H48O3. The van der Waals surface area contributed by atoms with Gasteiger partial charge in [-0.25, -0.2) is 0 Å². The van der Waals surface area contributed by atoms with E-state index in [4.69, 9.17) is 0 Å². The van der Waals surface area contributed by atoms with Gasteiger partial charge in [-0.2, -0.15) is 0 Å². The third kappa shape index (κ3) is 3.41. The standard InChI is InChI=1S/C27H48O3/c1-17(2)7-6-8-18(3)21-9-10-22-20-15-24(29)27(30)16-19(28)11-14-26(27,5)23(20)12-13-25(21,22)4/h17-24,28-30H,6-16H2,1-5H3/t18-,19-,20-,21-,22+,23+,24-,25+,26+,27-/m0/s1. The highest BCUT2D eigenvalue weighted by Crippen LogP contribution is 2.69. The molecule has 4 saturated carbocycles. The van der Waals surface area contributed by atoms with E-state index in [2.05, 4.69) is 34.6 Å². The Bertz CT molecular complexity index is 619. The topological polar surface area (TPSA) is 60.7 Å². The van der Waals surface area contributed by atoms with Gasteiger partial charge in [0, 0.05) is 11.8 Å². The molecule has 0 saturated heterocycles. The van der Waals surface area contributed by atoms with Crippen LogP contribution in [0.2, 0.25) is 0 Å². The molecule has 3 heteroatoms. The van der Waals surface area contributed by atoms with Crippen molar-refractivity contribution in [2.24, 2.45) is 46.3 Å². The van der Waals surface area contributed by atoms with Crippen LogP contribution in [-0.4, -0.2) is 33.1 Å². The van der Waals surface area contributed by atoms with Crippen molar-refractivity contribution in [2.45, 2.75) is 123 Å². The molecule has 4 aliphatic carbocycles. The zero-order valence-electron chi connectivity index (χ0n) is 20.2. The second kappa shape index (κ2) is 8.03. The average molecular weight is 421 g/mol. The Morgan fingerprint density at radius 3 is 2.33 bits per heavy atom. The van der Waals surface area contributed by atoms with E-state index in [1.54, 1.807) is 0 Å². The van der Waals surface area contributed by atoms with Crippen LogP contribution >= 0.6 is 0 Å². The summed E-state index contributed by atoms with van der Waals surface area (Å²) in [5, 5.41) is 33.0. The molecule has 0 aromatic rings. The van der Waals surface area contributed by atoms with Crippen molar-refractivity contribution in [1.82, 2.24) is 0 Å². The highest BCUT2D eigenvalue weighted by atomic mass is 16.3. The van der Waals surface area contributed by atoms with Crippen molar-refractivity contribution < 1.29 is 15.3 Å². The molecule has 3 nitrogen and oxygen atoms in total. The van der Waals surface area contributed by atoms with Crippen LogP contribution in [0.1, 0.15) is 105 Å². The number of hydrogen-bond acceptors (Lipinski definition) is 3. The first-order chi connectivity index (χ1) is 14.0. The lowest BCUT2D eigenvalue weighted by atomic mass is 9.42. The van der Waals surface area contributed by atoms with Gasteiger partial charge in [-0.15, -0.1) is 0 Å². The molecule has 10 atom stereocenters. The first-order valence-corrected chi connectivity index (χ1v) is 13.1. The highest BCUT2D eigenvalue weighted by molar-refractivity contribution is 5.17. The molecule has 0 radical (unpaired) electrons. The van der Waals surface area contributed by atoms with E-state index in [0.29, 0.717) is 29.6 Å². The van der Waals surface area contributed by atoms with Crippen LogP contribution in [-0.2, 0) is 0 Å². The number of rotatable bonds is 5. The molecular weight excluding hydrogens is 372 g/mol. The summed E-state index contributed by atoms with van der Waals surface area (Å²) in [6.45, 7) is 12.0. The summed E-state index contributed by atoms with van der Waals surface area (Å²) in [7, 11) is 0. The van der Waals surface area contributed by atoms with Crippen molar-refractivity contribution in [3.63, 3.8) is 0 Å². The maximum absolute atomic E-state index is 11.6. The van der Waals surface area contributed by atoms with Crippen molar-refractivity contribution >= 4 is 0 Å². The molecule has 0 aromatic carbocycles. The fourth-order valence-electron chi connectivity index (χ4n) is 9.29. The zero-order chi connectivity index (χ0) is 21.9. The molecule has 0 spiro atoms. The minimum absolute atomic E-state index is 0.253. The molecule has 4 rings (SSSR count). The van der Waals surface area contributed by atoms with Crippen molar-refractivity contribution in [2.75, 3.05) is 0 Å². The van der Waals surface area contributed by atoms with Gasteiger partial charge in [0.1, 0.15) is 0 Å². The SMILES string of the molecule is CC(C)CCC[C@H](C)[C@@H]1CC[C@@H]2[C@@H]3C[C@H](O)[C@@]4(O)C[C@@H](O)CC[C@]4(C)[C@@H]3CC[C@@]21C. The number of fused-ring (bicyclic) bond motifs is 5. The van der Waals surface area contributed by atoms with Gasteiger partial charge < -0.3 is 15.3 Å². The smallest absolute Gasteiger partial charge is 0.0985 e. The first-order valence-electron chi connectivity index (χ1n) is 13.1. The first kappa shape index (κ1) is 23.1. The molecule has 30 heavy (non-hydrogen) atoms. The van der Waals surface area contributed by atoms with E-state index in [9.17, 15) is 15.3 Å². The monoisotopic (exact) mass is 420 g/mol. The molecule has 0 aromatic heterocycles. The van der Waals surface area contributed by atoms with E-state index in [-0.39, 0.29) is 5.41 Å². The third-order valence-corrected chi connectivity index (χ3v) is 11.0. The van der Waals surface area contributed by atoms with E-state index in [0.717, 1.165) is 37.0 Å². The molecule has 0 unspecified atom stereocenters. The second-order valence-electron chi connectivity index (χ2n) is 12.9. The Labute approximate surface area is 185 Å². The van der Waals surface area contributed by atoms with Crippen LogP contribution in [0.5, 0.6) is 0 Å². The third-order valence-electron chi connectivity index (χ3n) is 11.0. The Kier molecular flexibility index (Phi) is 6.17. The van der Waals surface area contributed by atoms with Crippen molar-refractivity contribution in [3.8, 4) is 0 Å². The molecule has 0 heterocycles. The summed E-state index contributed by atoms with van der Waals surface area (Å²) < 4.78 is 0. The van der Waals surface area contributed by atoms with E-state index >= 15 is 0 Å². The summed E-state index contributed by atoms with van der Waals surface area (Å²) >= 11 is 0. The minimum Gasteiger partial charge on any atom is -0.393 e. The normalized spacial score (nSPS) is 51.9. The van der Waals surface area contributed by atoms with Crippen LogP contribution in [0.4, 0.5) is 0 Å². The lowest BCUT2D eigenvalue weighted by molar-refractivity contribution is -0.264. The van der Waals surface area contributed by atoms with E-state index in [1.807, 2.05) is 0 Å². The molecule has 174 valence electrons. The minimum atomic E-state index is -1.11. The lowest BCUT2D eigenvalue weighted by Gasteiger charge is -2.65. The molecule has 4 fully saturated rings. The van der Waals surface area contributed by atoms with E-state index in [1.165, 1.54) is 44.9 Å². The van der Waals surface area contributed by atoms with Gasteiger partial charge in [0.2, 0.25) is 0 Å². The Hall–Kier alpha value is -0.120. The van der Waals surface area contributed by atoms with Gasteiger partial charge in [-0.3, -0.25) is 0 Å². The fourth-order valence-corrected chi connectivity index (χ4v) is 9.29. The maximum atomic E-state index is 11.6. The predicted molar refractivity (Wildman–Crippen MR) is 122 cm³/mol. The highest BCUT2D eigenvalue weighted by Gasteiger charge is 2.67. The summed E-state index contributed by atoms with van der Waals surface area (Å²) in [6, 6.07) is 0. The largest absolute Gasteiger partial charge is 0.393 e. The average Bonchev–Trinajstić information content (AvgIpc) is 3.01. The van der Waals surface area contributed by atoms with Crippen LogP contribution < -0.4 is 0 Å². The van der Waals surface area contributed by atoms with Gasteiger partial charge in [-0.1, -0.05) is 53.9 Å². The number of aliphatic hydroxyl groups excluding tert-OH is 2. The summed E-state index contributed by atoms with van der Waals surface area (Å²) in [6.07, 6.45) is 10.7. The van der Waals surface area contributed by atoms with Crippen molar-refractivity contribution in [3.05, 3.63) is 0 Å². The second-order valence-corrected chi connectivity index (χ2v) is 12.9. The molecule has 0 bridgehead atoms. The lowest BCUT2D eigenvalue weighted by Crippen LogP contribution is -2.68. The zero-order valence-corrected chi connectivity index (χ0v) is 20.2. The van der Waals surface area contributed by atoms with Gasteiger partial charge >= 0.3 is 0 Å². The molecule has 0 amide bonds. The van der Waals surface area contributed by atoms with Gasteiger partial charge in [-0.05, 0) is 85.9 Å². The van der Waals surface area contributed by atoms with E-state index < -0.39 is 17.8 Å². The Morgan fingerprint density at radius 1 is 0.900 bits per heavy atom. The van der Waals surface area contributed by atoms with Gasteiger partial charge in [0.05, 0.1) is 17.8 Å². The quantitative estimate of drug-likeness (QED) is 0.546. The number of hydrogen-bond donors (Lipinski definition) is 3. The van der Waals surface area contributed by atoms with Gasteiger partial charge in [0.25, 0.3) is 0 Å². The Balaban J connectivity index is 1.53. The summed E-state index contributed by atoms with van der Waals surface area (Å²) in [5.74, 6) is 4.13. The summed E-state index contributed by atoms with van der Waals surface area (Å²) in [5.41, 5.74) is -0.962. The summed E-state index contributed by atoms with van der Waals surface area (Å²) in [4.78, 5) is 0. The predicted octanol–water partition coefficient (Wildman–Crippen LogP) is 5.55. The van der Waals surface area contributed by atoms with Gasteiger partial charge in [0.15, 0.2) is 0 Å². The fraction of sp³-hybridized carbons (Fsp3) is 1.00. The van der Waals surface area contributed by atoms with Crippen LogP contribution in [0, 0.1) is 46.3 Å². The maximum Gasteiger partial charge on any atom is 0.0985 e.